The van der Waals surface area contributed by atoms with Crippen LogP contribution in [0.15, 0.2) is 48.5 Å². The fourth-order valence-electron chi connectivity index (χ4n) is 4.34. The average Bonchev–Trinajstić information content (AvgIpc) is 2.93. The number of carbonyl (C=O) groups excluding carboxylic acids is 2. The number of anilines is 1. The summed E-state index contributed by atoms with van der Waals surface area (Å²) in [5.41, 5.74) is 4.29. The summed E-state index contributed by atoms with van der Waals surface area (Å²) in [5, 5.41) is 3.00. The molecule has 1 N–H and O–H groups in total. The Balaban J connectivity index is 1.65. The highest BCUT2D eigenvalue weighted by molar-refractivity contribution is 5.92. The summed E-state index contributed by atoms with van der Waals surface area (Å²) in [6.45, 7) is 1.73. The molecule has 0 saturated carbocycles. The van der Waals surface area contributed by atoms with E-state index in [2.05, 4.69) is 23.5 Å². The van der Waals surface area contributed by atoms with Crippen molar-refractivity contribution < 1.29 is 9.59 Å². The van der Waals surface area contributed by atoms with Gasteiger partial charge in [-0.3, -0.25) is 9.59 Å². The molecule has 4 rings (SSSR count). The van der Waals surface area contributed by atoms with Crippen LogP contribution in [-0.2, 0) is 22.4 Å². The number of rotatable bonds is 4. The molecule has 0 radical (unpaired) electrons. The van der Waals surface area contributed by atoms with Crippen molar-refractivity contribution in [1.29, 1.82) is 0 Å². The van der Waals surface area contributed by atoms with Gasteiger partial charge in [-0.25, -0.2) is 0 Å². The summed E-state index contributed by atoms with van der Waals surface area (Å²) in [5.74, 6) is 0.141. The summed E-state index contributed by atoms with van der Waals surface area (Å²) in [7, 11) is 0. The SMILES string of the molecule is O=C1CCCc2cc([C@@H](Cc3ccccc3)C(=O)N3CCCCC3)ccc2N1. The minimum absolute atomic E-state index is 0.0803. The highest BCUT2D eigenvalue weighted by atomic mass is 16.2. The molecule has 2 aromatic carbocycles. The molecule has 0 aromatic heterocycles. The number of carbonyl (C=O) groups is 2. The molecule has 146 valence electrons. The van der Waals surface area contributed by atoms with Crippen molar-refractivity contribution in [3.05, 3.63) is 65.2 Å². The predicted octanol–water partition coefficient (Wildman–Crippen LogP) is 4.30. The number of piperidine rings is 1. The number of hydrogen-bond acceptors (Lipinski definition) is 2. The van der Waals surface area contributed by atoms with E-state index in [1.54, 1.807) is 0 Å². The van der Waals surface area contributed by atoms with E-state index in [0.717, 1.165) is 55.6 Å². The second-order valence-electron chi connectivity index (χ2n) is 7.95. The van der Waals surface area contributed by atoms with Crippen LogP contribution in [0.2, 0.25) is 0 Å². The minimum Gasteiger partial charge on any atom is -0.342 e. The van der Waals surface area contributed by atoms with Crippen molar-refractivity contribution >= 4 is 17.5 Å². The lowest BCUT2D eigenvalue weighted by atomic mass is 9.88. The van der Waals surface area contributed by atoms with Gasteiger partial charge in [-0.15, -0.1) is 0 Å². The Morgan fingerprint density at radius 3 is 2.54 bits per heavy atom. The van der Waals surface area contributed by atoms with Crippen molar-refractivity contribution in [1.82, 2.24) is 4.90 Å². The maximum absolute atomic E-state index is 13.4. The van der Waals surface area contributed by atoms with Crippen LogP contribution >= 0.6 is 0 Å². The van der Waals surface area contributed by atoms with E-state index in [-0.39, 0.29) is 17.7 Å². The summed E-state index contributed by atoms with van der Waals surface area (Å²) < 4.78 is 0. The number of likely N-dealkylation sites (tertiary alicyclic amines) is 1. The Kier molecular flexibility index (Phi) is 5.75. The number of aryl methyl sites for hydroxylation is 1. The van der Waals surface area contributed by atoms with Gasteiger partial charge in [0.25, 0.3) is 0 Å². The third-order valence-corrected chi connectivity index (χ3v) is 5.90. The first-order valence-corrected chi connectivity index (χ1v) is 10.5. The van der Waals surface area contributed by atoms with Crippen molar-refractivity contribution in [3.8, 4) is 0 Å². The monoisotopic (exact) mass is 376 g/mol. The molecule has 0 spiro atoms. The first-order valence-electron chi connectivity index (χ1n) is 10.5. The molecule has 2 heterocycles. The Hall–Kier alpha value is -2.62. The number of amides is 2. The molecular weight excluding hydrogens is 348 g/mol. The molecule has 4 heteroatoms. The standard InChI is InChI=1S/C24H28N2O2/c27-23-11-7-10-20-17-19(12-13-22(20)25-23)21(16-18-8-3-1-4-9-18)24(28)26-14-5-2-6-15-26/h1,3-4,8-9,12-13,17,21H,2,5-7,10-11,14-16H2,(H,25,27)/t21-/m1/s1. The predicted molar refractivity (Wildman–Crippen MR) is 111 cm³/mol. The fraction of sp³-hybridized carbons (Fsp3) is 0.417. The third kappa shape index (κ3) is 4.27. The van der Waals surface area contributed by atoms with Crippen LogP contribution in [0, 0.1) is 0 Å². The van der Waals surface area contributed by atoms with E-state index in [1.165, 1.54) is 12.0 Å². The fourth-order valence-corrected chi connectivity index (χ4v) is 4.34. The van der Waals surface area contributed by atoms with Crippen LogP contribution in [0.1, 0.15) is 54.7 Å². The molecule has 0 aliphatic carbocycles. The maximum Gasteiger partial charge on any atom is 0.230 e. The van der Waals surface area contributed by atoms with Gasteiger partial charge in [0.15, 0.2) is 0 Å². The molecule has 1 atom stereocenters. The number of nitrogens with one attached hydrogen (secondary N) is 1. The third-order valence-electron chi connectivity index (χ3n) is 5.90. The van der Waals surface area contributed by atoms with E-state index in [4.69, 9.17) is 0 Å². The topological polar surface area (TPSA) is 49.4 Å². The number of nitrogens with zero attached hydrogens (tertiary/aromatic N) is 1. The quantitative estimate of drug-likeness (QED) is 0.865. The largest absolute Gasteiger partial charge is 0.342 e. The van der Waals surface area contributed by atoms with E-state index < -0.39 is 0 Å². The van der Waals surface area contributed by atoms with Gasteiger partial charge in [-0.1, -0.05) is 42.5 Å². The van der Waals surface area contributed by atoms with Crippen molar-refractivity contribution in [3.63, 3.8) is 0 Å². The van der Waals surface area contributed by atoms with Crippen LogP contribution in [-0.4, -0.2) is 29.8 Å². The zero-order valence-electron chi connectivity index (χ0n) is 16.3. The minimum atomic E-state index is -0.176. The van der Waals surface area contributed by atoms with E-state index >= 15 is 0 Å². The van der Waals surface area contributed by atoms with Gasteiger partial charge in [0.05, 0.1) is 5.92 Å². The first kappa shape index (κ1) is 18.7. The first-order chi connectivity index (χ1) is 13.7. The number of hydrogen-bond donors (Lipinski definition) is 1. The second kappa shape index (κ2) is 8.59. The molecule has 28 heavy (non-hydrogen) atoms. The molecule has 0 bridgehead atoms. The van der Waals surface area contributed by atoms with Crippen molar-refractivity contribution in [2.24, 2.45) is 0 Å². The van der Waals surface area contributed by atoms with Crippen LogP contribution in [0.4, 0.5) is 5.69 Å². The highest BCUT2D eigenvalue weighted by Crippen LogP contribution is 2.30. The van der Waals surface area contributed by atoms with Gasteiger partial charge >= 0.3 is 0 Å². The molecule has 1 saturated heterocycles. The van der Waals surface area contributed by atoms with Gasteiger partial charge in [0.2, 0.25) is 11.8 Å². The number of fused-ring (bicyclic) bond motifs is 1. The second-order valence-corrected chi connectivity index (χ2v) is 7.95. The van der Waals surface area contributed by atoms with Crippen LogP contribution < -0.4 is 5.32 Å². The Morgan fingerprint density at radius 1 is 0.964 bits per heavy atom. The Bertz CT molecular complexity index is 841. The van der Waals surface area contributed by atoms with Gasteiger partial charge < -0.3 is 10.2 Å². The number of benzene rings is 2. The Morgan fingerprint density at radius 2 is 1.75 bits per heavy atom. The van der Waals surface area contributed by atoms with Crippen LogP contribution in [0.25, 0.3) is 0 Å². The zero-order valence-corrected chi connectivity index (χ0v) is 16.3. The zero-order chi connectivity index (χ0) is 19.3. The smallest absolute Gasteiger partial charge is 0.230 e. The van der Waals surface area contributed by atoms with E-state index in [0.29, 0.717) is 12.8 Å². The molecule has 2 aliphatic rings. The molecular formula is C24H28N2O2. The van der Waals surface area contributed by atoms with Crippen LogP contribution in [0.3, 0.4) is 0 Å². The average molecular weight is 377 g/mol. The lowest BCUT2D eigenvalue weighted by Crippen LogP contribution is -2.39. The molecule has 2 aromatic rings. The van der Waals surface area contributed by atoms with Gasteiger partial charge in [0, 0.05) is 25.2 Å². The molecule has 1 fully saturated rings. The highest BCUT2D eigenvalue weighted by Gasteiger charge is 2.28. The maximum atomic E-state index is 13.4. The summed E-state index contributed by atoms with van der Waals surface area (Å²) in [4.78, 5) is 27.3. The summed E-state index contributed by atoms with van der Waals surface area (Å²) in [6, 6.07) is 16.4. The lowest BCUT2D eigenvalue weighted by Gasteiger charge is -2.31. The van der Waals surface area contributed by atoms with Crippen molar-refractivity contribution in [2.75, 3.05) is 18.4 Å². The molecule has 4 nitrogen and oxygen atoms in total. The molecule has 0 unspecified atom stereocenters. The van der Waals surface area contributed by atoms with Crippen LogP contribution in [0.5, 0.6) is 0 Å². The lowest BCUT2D eigenvalue weighted by molar-refractivity contribution is -0.133. The van der Waals surface area contributed by atoms with E-state index in [1.807, 2.05) is 35.2 Å². The van der Waals surface area contributed by atoms with Gasteiger partial charge in [-0.05, 0) is 61.3 Å². The van der Waals surface area contributed by atoms with Gasteiger partial charge in [0.1, 0.15) is 0 Å². The van der Waals surface area contributed by atoms with Gasteiger partial charge in [-0.2, -0.15) is 0 Å². The molecule has 2 aliphatic heterocycles. The normalized spacial score (nSPS) is 18.0. The Labute approximate surface area is 166 Å². The molecule has 2 amide bonds. The summed E-state index contributed by atoms with van der Waals surface area (Å²) >= 11 is 0. The van der Waals surface area contributed by atoms with E-state index in [9.17, 15) is 9.59 Å². The van der Waals surface area contributed by atoms with Crippen molar-refractivity contribution in [2.45, 2.75) is 50.9 Å². The summed E-state index contributed by atoms with van der Waals surface area (Å²) in [6.07, 6.45) is 6.40.